The number of nitrogens with zero attached hydrogens (tertiary/aromatic N) is 2. The number of benzene rings is 1. The second-order valence-electron chi connectivity index (χ2n) is 4.68. The van der Waals surface area contributed by atoms with Gasteiger partial charge in [0.05, 0.1) is 11.2 Å². The minimum Gasteiger partial charge on any atom is -0.316 e. The van der Waals surface area contributed by atoms with Gasteiger partial charge in [0.2, 0.25) is 0 Å². The fourth-order valence-electron chi connectivity index (χ4n) is 2.16. The van der Waals surface area contributed by atoms with Gasteiger partial charge in [-0.15, -0.1) is 0 Å². The average Bonchev–Trinajstić information content (AvgIpc) is 3.13. The second-order valence-corrected chi connectivity index (χ2v) is 6.44. The van der Waals surface area contributed by atoms with Gasteiger partial charge in [-0.2, -0.15) is 0 Å². The van der Waals surface area contributed by atoms with Crippen LogP contribution in [0.15, 0.2) is 65.9 Å². The number of aromatic nitrogens is 2. The van der Waals surface area contributed by atoms with Crippen molar-refractivity contribution in [3.8, 4) is 11.3 Å². The van der Waals surface area contributed by atoms with Crippen LogP contribution in [0.1, 0.15) is 13.8 Å². The Balaban J connectivity index is 2.38. The highest BCUT2D eigenvalue weighted by molar-refractivity contribution is 7.90. The molecule has 124 valence electrons. The summed E-state index contributed by atoms with van der Waals surface area (Å²) < 4.78 is 88.7. The van der Waals surface area contributed by atoms with Crippen LogP contribution in [0.3, 0.4) is 0 Å². The van der Waals surface area contributed by atoms with E-state index in [1.165, 1.54) is 25.2 Å². The lowest BCUT2D eigenvalue weighted by molar-refractivity contribution is 0.587. The lowest BCUT2D eigenvalue weighted by Crippen LogP contribution is -2.14. The Morgan fingerprint density at radius 2 is 2.21 bits per heavy atom. The molecular formula is C17H16FN3O2S. The molecule has 0 saturated heterocycles. The van der Waals surface area contributed by atoms with Crippen molar-refractivity contribution in [3.63, 3.8) is 0 Å². The van der Waals surface area contributed by atoms with Crippen molar-refractivity contribution in [2.45, 2.75) is 11.4 Å². The molecule has 1 N–H and O–H groups in total. The van der Waals surface area contributed by atoms with Crippen molar-refractivity contribution in [1.82, 2.24) is 14.3 Å². The molecule has 0 atom stereocenters. The molecule has 3 aromatic rings. The summed E-state index contributed by atoms with van der Waals surface area (Å²) in [6, 6.07) is 4.75. The Bertz CT molecular complexity index is 1250. The number of hydrogen-bond acceptors (Lipinski definition) is 4. The summed E-state index contributed by atoms with van der Waals surface area (Å²) in [5.41, 5.74) is -0.517. The van der Waals surface area contributed by atoms with E-state index in [0.717, 1.165) is 18.3 Å². The van der Waals surface area contributed by atoms with E-state index in [0.29, 0.717) is 3.97 Å². The molecule has 2 aromatic heterocycles. The first-order chi connectivity index (χ1) is 13.9. The van der Waals surface area contributed by atoms with Crippen molar-refractivity contribution in [1.29, 1.82) is 0 Å². The Morgan fingerprint density at radius 3 is 2.96 bits per heavy atom. The third kappa shape index (κ3) is 2.95. The molecule has 24 heavy (non-hydrogen) atoms. The van der Waals surface area contributed by atoms with Gasteiger partial charge in [0.25, 0.3) is 10.0 Å². The SMILES string of the molecule is [2H]c1nc([2H])c(S(=O)(=O)n2cc(C([2H])([2H])NC)cc2-c2ccccc2F)c([2H])c1[2H]. The first kappa shape index (κ1) is 10.4. The molecule has 0 spiro atoms. The van der Waals surface area contributed by atoms with Crippen LogP contribution < -0.4 is 5.32 Å². The maximum atomic E-state index is 14.5. The van der Waals surface area contributed by atoms with Crippen LogP contribution in [0.2, 0.25) is 0 Å². The van der Waals surface area contributed by atoms with Gasteiger partial charge in [-0.25, -0.2) is 16.8 Å². The fourth-order valence-corrected chi connectivity index (χ4v) is 3.36. The van der Waals surface area contributed by atoms with E-state index in [1.54, 1.807) is 0 Å². The second kappa shape index (κ2) is 6.54. The molecule has 0 amide bonds. The first-order valence-electron chi connectivity index (χ1n) is 9.78. The van der Waals surface area contributed by atoms with Gasteiger partial charge in [0.1, 0.15) is 10.7 Å². The highest BCUT2D eigenvalue weighted by Gasteiger charge is 2.23. The van der Waals surface area contributed by atoms with Gasteiger partial charge in [-0.05, 0) is 42.9 Å². The number of rotatable bonds is 5. The maximum absolute atomic E-state index is 14.5. The van der Waals surface area contributed by atoms with E-state index in [9.17, 15) is 12.8 Å². The normalized spacial score (nSPS) is 15.8. The maximum Gasteiger partial charge on any atom is 0.269 e. The van der Waals surface area contributed by atoms with Crippen molar-refractivity contribution < 1.29 is 21.0 Å². The zero-order chi connectivity index (χ0) is 22.4. The summed E-state index contributed by atoms with van der Waals surface area (Å²) in [5, 5.41) is 2.39. The molecule has 0 bridgehead atoms. The molecule has 0 aliphatic rings. The minimum absolute atomic E-state index is 0.138. The largest absolute Gasteiger partial charge is 0.316 e. The van der Waals surface area contributed by atoms with E-state index in [1.807, 2.05) is 0 Å². The molecule has 7 heteroatoms. The fraction of sp³-hybridized carbons (Fsp3) is 0.118. The topological polar surface area (TPSA) is 64.0 Å². The highest BCUT2D eigenvalue weighted by Crippen LogP contribution is 2.28. The van der Waals surface area contributed by atoms with Crippen LogP contribution >= 0.6 is 0 Å². The number of halogens is 1. The number of hydrogen-bond donors (Lipinski definition) is 1. The molecule has 1 aromatic carbocycles. The quantitative estimate of drug-likeness (QED) is 0.767. The standard InChI is InChI=1S/C17H16FN3O2S/c1-19-10-13-9-17(15-6-2-3-7-16(15)18)21(12-13)24(22,23)14-5-4-8-20-11-14/h2-9,11-12,19H,10H2,1H3/i4D,5D,8D,10D2,11D. The highest BCUT2D eigenvalue weighted by atomic mass is 32.2. The molecular weight excluding hydrogens is 329 g/mol. The van der Waals surface area contributed by atoms with E-state index in [-0.39, 0.29) is 16.8 Å². The van der Waals surface area contributed by atoms with Gasteiger partial charge in [-0.3, -0.25) is 4.98 Å². The summed E-state index contributed by atoms with van der Waals surface area (Å²) in [6.45, 7) is -2.17. The predicted molar refractivity (Wildman–Crippen MR) is 89.4 cm³/mol. The van der Waals surface area contributed by atoms with Crippen LogP contribution in [0, 0.1) is 5.82 Å². The van der Waals surface area contributed by atoms with E-state index >= 15 is 0 Å². The van der Waals surface area contributed by atoms with Crippen molar-refractivity contribution in [2.24, 2.45) is 0 Å². The zero-order valence-corrected chi connectivity index (χ0v) is 13.3. The lowest BCUT2D eigenvalue weighted by Gasteiger charge is -2.10. The Hall–Kier alpha value is -2.51. The molecule has 0 unspecified atom stereocenters. The summed E-state index contributed by atoms with van der Waals surface area (Å²) in [7, 11) is -3.45. The van der Waals surface area contributed by atoms with Gasteiger partial charge < -0.3 is 5.32 Å². The van der Waals surface area contributed by atoms with Crippen LogP contribution in [-0.4, -0.2) is 24.4 Å². The van der Waals surface area contributed by atoms with Crippen molar-refractivity contribution in [3.05, 3.63) is 72.3 Å². The van der Waals surface area contributed by atoms with Crippen LogP contribution in [0.4, 0.5) is 4.39 Å². The molecule has 0 saturated carbocycles. The van der Waals surface area contributed by atoms with Gasteiger partial charge >= 0.3 is 0 Å². The Kier molecular flexibility index (Phi) is 2.83. The average molecular weight is 351 g/mol. The summed E-state index contributed by atoms with van der Waals surface area (Å²) >= 11 is 0. The number of pyridine rings is 1. The summed E-state index contributed by atoms with van der Waals surface area (Å²) in [6.07, 6.45) is -0.713. The van der Waals surface area contributed by atoms with E-state index < -0.39 is 51.7 Å². The van der Waals surface area contributed by atoms with E-state index in [4.69, 9.17) is 8.22 Å². The molecule has 3 rings (SSSR count). The zero-order valence-electron chi connectivity index (χ0n) is 18.5. The minimum atomic E-state index is -4.77. The third-order valence-corrected chi connectivity index (χ3v) is 4.70. The van der Waals surface area contributed by atoms with Crippen molar-refractivity contribution in [2.75, 3.05) is 7.05 Å². The van der Waals surface area contributed by atoms with Crippen LogP contribution in [0.5, 0.6) is 0 Å². The third-order valence-electron chi connectivity index (χ3n) is 3.17. The van der Waals surface area contributed by atoms with Gasteiger partial charge in [0.15, 0.2) is 0 Å². The smallest absolute Gasteiger partial charge is 0.269 e. The lowest BCUT2D eigenvalue weighted by atomic mass is 10.1. The van der Waals surface area contributed by atoms with Crippen LogP contribution in [0.25, 0.3) is 11.3 Å². The Labute approximate surface area is 148 Å². The molecule has 2 heterocycles. The van der Waals surface area contributed by atoms with Gasteiger partial charge in [-0.1, -0.05) is 12.1 Å². The molecule has 5 nitrogen and oxygen atoms in total. The van der Waals surface area contributed by atoms with Gasteiger partial charge in [0, 0.05) is 33.3 Å². The number of nitrogens with one attached hydrogen (secondary N) is 1. The Morgan fingerprint density at radius 1 is 1.42 bits per heavy atom. The molecule has 0 aliphatic carbocycles. The van der Waals surface area contributed by atoms with Crippen molar-refractivity contribution >= 4 is 10.0 Å². The molecule has 0 fully saturated rings. The summed E-state index contributed by atoms with van der Waals surface area (Å²) in [5.74, 6) is -0.762. The predicted octanol–water partition coefficient (Wildman–Crippen LogP) is 2.65. The molecule has 0 aliphatic heterocycles. The summed E-state index contributed by atoms with van der Waals surface area (Å²) in [4.78, 5) is 2.45. The first-order valence-corrected chi connectivity index (χ1v) is 8.22. The monoisotopic (exact) mass is 351 g/mol. The molecule has 0 radical (unpaired) electrons. The van der Waals surface area contributed by atoms with Crippen LogP contribution in [-0.2, 0) is 16.5 Å². The van der Waals surface area contributed by atoms with E-state index in [2.05, 4.69) is 10.3 Å².